The number of nitriles is 1. The van der Waals surface area contributed by atoms with Crippen LogP contribution in [0.5, 0.6) is 5.75 Å². The van der Waals surface area contributed by atoms with Crippen LogP contribution in [-0.2, 0) is 9.59 Å². The molecule has 0 spiro atoms. The van der Waals surface area contributed by atoms with Gasteiger partial charge >= 0.3 is 0 Å². The monoisotopic (exact) mass is 470 g/mol. The van der Waals surface area contributed by atoms with Crippen molar-refractivity contribution < 1.29 is 23.8 Å². The van der Waals surface area contributed by atoms with Crippen molar-refractivity contribution in [2.24, 2.45) is 0 Å². The van der Waals surface area contributed by atoms with Crippen molar-refractivity contribution in [3.63, 3.8) is 0 Å². The average Bonchev–Trinajstić information content (AvgIpc) is 3.13. The van der Waals surface area contributed by atoms with E-state index in [9.17, 15) is 19.1 Å². The number of Topliss-reactive ketones (excluding diaryl/α,β-unsaturated/α-hetero) is 1. The molecule has 176 valence electrons. The maximum Gasteiger partial charge on any atom is 0.300 e. The minimum absolute atomic E-state index is 0.0669. The summed E-state index contributed by atoms with van der Waals surface area (Å²) in [5, 5.41) is 20.3. The number of carbonyl (C=O) groups is 2. The summed E-state index contributed by atoms with van der Waals surface area (Å²) in [4.78, 5) is 27.5. The second kappa shape index (κ2) is 9.82. The smallest absolute Gasteiger partial charge is 0.300 e. The number of carbonyl (C=O) groups excluding carboxylic acids is 2. The van der Waals surface area contributed by atoms with Crippen LogP contribution < -0.4 is 9.64 Å². The Hall–Kier alpha value is -4.44. The molecule has 6 nitrogen and oxygen atoms in total. The molecule has 1 saturated heterocycles. The number of hydrogen-bond acceptors (Lipinski definition) is 5. The third-order valence-corrected chi connectivity index (χ3v) is 5.83. The molecule has 3 aromatic rings. The fourth-order valence-electron chi connectivity index (χ4n) is 4.11. The largest absolute Gasteiger partial charge is 0.507 e. The van der Waals surface area contributed by atoms with Gasteiger partial charge in [-0.05, 0) is 67.4 Å². The van der Waals surface area contributed by atoms with Gasteiger partial charge in [0.1, 0.15) is 17.3 Å². The Labute approximate surface area is 202 Å². The Balaban J connectivity index is 1.89. The standard InChI is InChI=1S/C28H23FN2O4/c1-3-14-35-23-13-10-19(15-17(23)2)26(32)24-25(21-6-4-5-7-22(21)29)31(28(34)27(24)33)20-11-8-18(16-30)9-12-20/h4-13,15,25,32H,3,14H2,1-2H3/b26-24+. The normalized spacial score (nSPS) is 16.9. The molecule has 1 N–H and O–H groups in total. The van der Waals surface area contributed by atoms with Crippen molar-refractivity contribution in [1.82, 2.24) is 0 Å². The summed E-state index contributed by atoms with van der Waals surface area (Å²) in [7, 11) is 0. The van der Waals surface area contributed by atoms with Crippen LogP contribution in [0, 0.1) is 24.1 Å². The number of aliphatic hydroxyl groups excluding tert-OH is 1. The van der Waals surface area contributed by atoms with E-state index in [0.717, 1.165) is 16.9 Å². The van der Waals surface area contributed by atoms with Gasteiger partial charge < -0.3 is 9.84 Å². The number of amides is 1. The number of anilines is 1. The summed E-state index contributed by atoms with van der Waals surface area (Å²) < 4.78 is 20.6. The van der Waals surface area contributed by atoms with E-state index in [0.29, 0.717) is 29.2 Å². The van der Waals surface area contributed by atoms with Crippen LogP contribution in [0.25, 0.3) is 5.76 Å². The molecular formula is C28H23FN2O4. The van der Waals surface area contributed by atoms with Crippen molar-refractivity contribution in [3.8, 4) is 11.8 Å². The number of ether oxygens (including phenoxy) is 1. The number of halogens is 1. The Morgan fingerprint density at radius 3 is 2.46 bits per heavy atom. The van der Waals surface area contributed by atoms with E-state index in [1.54, 1.807) is 24.3 Å². The first-order valence-corrected chi connectivity index (χ1v) is 11.2. The van der Waals surface area contributed by atoms with E-state index >= 15 is 0 Å². The minimum atomic E-state index is -1.19. The maximum absolute atomic E-state index is 15.0. The number of rotatable bonds is 6. The van der Waals surface area contributed by atoms with Gasteiger partial charge in [0.15, 0.2) is 0 Å². The van der Waals surface area contributed by atoms with Crippen LogP contribution >= 0.6 is 0 Å². The fraction of sp³-hybridized carbons (Fsp3) is 0.179. The predicted molar refractivity (Wildman–Crippen MR) is 129 cm³/mol. The SMILES string of the molecule is CCCOc1ccc(/C(O)=C2\C(=O)C(=O)N(c3ccc(C#N)cc3)C2c2ccccc2F)cc1C. The first-order chi connectivity index (χ1) is 16.9. The zero-order valence-corrected chi connectivity index (χ0v) is 19.3. The minimum Gasteiger partial charge on any atom is -0.507 e. The van der Waals surface area contributed by atoms with E-state index in [2.05, 4.69) is 0 Å². The lowest BCUT2D eigenvalue weighted by molar-refractivity contribution is -0.132. The molecule has 3 aromatic carbocycles. The molecule has 0 aromatic heterocycles. The highest BCUT2D eigenvalue weighted by Gasteiger charge is 2.47. The predicted octanol–water partition coefficient (Wildman–Crippen LogP) is 5.42. The van der Waals surface area contributed by atoms with Crippen molar-refractivity contribution in [2.75, 3.05) is 11.5 Å². The quantitative estimate of drug-likeness (QED) is 0.295. The highest BCUT2D eigenvalue weighted by molar-refractivity contribution is 6.51. The van der Waals surface area contributed by atoms with E-state index in [4.69, 9.17) is 10.00 Å². The van der Waals surface area contributed by atoms with E-state index in [1.165, 1.54) is 42.5 Å². The Morgan fingerprint density at radius 1 is 1.11 bits per heavy atom. The highest BCUT2D eigenvalue weighted by Crippen LogP contribution is 2.43. The Kier molecular flexibility index (Phi) is 6.65. The Bertz CT molecular complexity index is 1370. The number of ketones is 1. The zero-order valence-electron chi connectivity index (χ0n) is 19.3. The number of aryl methyl sites for hydroxylation is 1. The molecule has 0 bridgehead atoms. The first-order valence-electron chi connectivity index (χ1n) is 11.2. The van der Waals surface area contributed by atoms with Crippen LogP contribution in [0.2, 0.25) is 0 Å². The van der Waals surface area contributed by atoms with Gasteiger partial charge in [0.2, 0.25) is 0 Å². The van der Waals surface area contributed by atoms with Gasteiger partial charge in [0.05, 0.1) is 29.9 Å². The summed E-state index contributed by atoms with van der Waals surface area (Å²) >= 11 is 0. The van der Waals surface area contributed by atoms with E-state index in [-0.39, 0.29) is 11.1 Å². The molecule has 0 saturated carbocycles. The van der Waals surface area contributed by atoms with Gasteiger partial charge in [-0.1, -0.05) is 25.1 Å². The molecule has 7 heteroatoms. The number of nitrogens with zero attached hydrogens (tertiary/aromatic N) is 2. The van der Waals surface area contributed by atoms with Crippen molar-refractivity contribution >= 4 is 23.1 Å². The third-order valence-electron chi connectivity index (χ3n) is 5.83. The van der Waals surface area contributed by atoms with Gasteiger partial charge in [-0.2, -0.15) is 5.26 Å². The van der Waals surface area contributed by atoms with Gasteiger partial charge in [0, 0.05) is 16.8 Å². The molecule has 0 radical (unpaired) electrons. The lowest BCUT2D eigenvalue weighted by Crippen LogP contribution is -2.29. The van der Waals surface area contributed by atoms with Crippen LogP contribution in [0.4, 0.5) is 10.1 Å². The summed E-state index contributed by atoms with van der Waals surface area (Å²) in [6.45, 7) is 4.34. The van der Waals surface area contributed by atoms with Gasteiger partial charge in [-0.15, -0.1) is 0 Å². The number of hydrogen-bond donors (Lipinski definition) is 1. The molecule has 1 unspecified atom stereocenters. The van der Waals surface area contributed by atoms with Crippen molar-refractivity contribution in [2.45, 2.75) is 26.3 Å². The molecule has 1 aliphatic rings. The maximum atomic E-state index is 15.0. The van der Waals surface area contributed by atoms with E-state index < -0.39 is 29.3 Å². The van der Waals surface area contributed by atoms with Gasteiger partial charge in [0.25, 0.3) is 11.7 Å². The molecule has 1 atom stereocenters. The van der Waals surface area contributed by atoms with Crippen LogP contribution in [0.1, 0.15) is 41.6 Å². The molecule has 4 rings (SSSR count). The van der Waals surface area contributed by atoms with Gasteiger partial charge in [-0.25, -0.2) is 4.39 Å². The molecule has 0 aliphatic carbocycles. The van der Waals surface area contributed by atoms with E-state index in [1.807, 2.05) is 19.9 Å². The molecule has 35 heavy (non-hydrogen) atoms. The number of benzene rings is 3. The molecule has 1 heterocycles. The summed E-state index contributed by atoms with van der Waals surface area (Å²) in [6, 6.07) is 17.6. The second-order valence-corrected chi connectivity index (χ2v) is 8.18. The van der Waals surface area contributed by atoms with Crippen molar-refractivity contribution in [1.29, 1.82) is 5.26 Å². The molecule has 1 amide bonds. The fourth-order valence-corrected chi connectivity index (χ4v) is 4.11. The molecule has 1 fully saturated rings. The average molecular weight is 471 g/mol. The topological polar surface area (TPSA) is 90.6 Å². The first kappa shape index (κ1) is 23.7. The number of aliphatic hydroxyl groups is 1. The van der Waals surface area contributed by atoms with Crippen molar-refractivity contribution in [3.05, 3.63) is 100 Å². The highest BCUT2D eigenvalue weighted by atomic mass is 19.1. The summed E-state index contributed by atoms with van der Waals surface area (Å²) in [6.07, 6.45) is 0.836. The van der Waals surface area contributed by atoms with Crippen LogP contribution in [0.15, 0.2) is 72.3 Å². The third kappa shape index (κ3) is 4.38. The van der Waals surface area contributed by atoms with Crippen LogP contribution in [0.3, 0.4) is 0 Å². The second-order valence-electron chi connectivity index (χ2n) is 8.18. The molecule has 1 aliphatic heterocycles. The molecular weight excluding hydrogens is 447 g/mol. The lowest BCUT2D eigenvalue weighted by atomic mass is 9.94. The van der Waals surface area contributed by atoms with Gasteiger partial charge in [-0.3, -0.25) is 14.5 Å². The zero-order chi connectivity index (χ0) is 25.1. The summed E-state index contributed by atoms with van der Waals surface area (Å²) in [5.74, 6) is -2.21. The lowest BCUT2D eigenvalue weighted by Gasteiger charge is -2.25. The van der Waals surface area contributed by atoms with Crippen LogP contribution in [-0.4, -0.2) is 23.4 Å². The summed E-state index contributed by atoms with van der Waals surface area (Å²) in [5.41, 5.74) is 1.58. The Morgan fingerprint density at radius 2 is 1.83 bits per heavy atom.